The molecule has 4 nitrogen and oxygen atoms in total. The molecule has 2 unspecified atom stereocenters. The number of ether oxygens (including phenoxy) is 1. The highest BCUT2D eigenvalue weighted by Gasteiger charge is 2.20. The average Bonchev–Trinajstić information content (AvgIpc) is 2.36. The smallest absolute Gasteiger partial charge is 0.115 e. The summed E-state index contributed by atoms with van der Waals surface area (Å²) in [4.78, 5) is 0. The molecule has 0 saturated heterocycles. The van der Waals surface area contributed by atoms with Gasteiger partial charge in [0.15, 0.2) is 0 Å². The number of hydrogen-bond acceptors (Lipinski definition) is 4. The van der Waals surface area contributed by atoms with Crippen LogP contribution in [0.3, 0.4) is 0 Å². The number of nitrogens with one attached hydrogen (secondary N) is 1. The van der Waals surface area contributed by atoms with Gasteiger partial charge in [0.1, 0.15) is 5.75 Å². The minimum absolute atomic E-state index is 0.265. The number of aryl methyl sites for hydroxylation is 1. The maximum Gasteiger partial charge on any atom is 0.115 e. The standard InChI is InChI=1S/C14H21NO3/c1-18-9-12(17)8-15-14-4-2-3-10-7-11(16)5-6-13(10)14/h5-7,12,14-17H,2-4,8-9H2,1H3. The van der Waals surface area contributed by atoms with Gasteiger partial charge in [0.2, 0.25) is 0 Å². The Labute approximate surface area is 108 Å². The molecule has 1 aromatic rings. The van der Waals surface area contributed by atoms with Crippen molar-refractivity contribution >= 4 is 0 Å². The molecule has 0 spiro atoms. The van der Waals surface area contributed by atoms with E-state index < -0.39 is 6.10 Å². The third-order valence-corrected chi connectivity index (χ3v) is 3.40. The minimum Gasteiger partial charge on any atom is -0.508 e. The number of rotatable bonds is 5. The molecule has 2 atom stereocenters. The van der Waals surface area contributed by atoms with Gasteiger partial charge in [-0.3, -0.25) is 0 Å². The molecule has 0 amide bonds. The van der Waals surface area contributed by atoms with Crippen LogP contribution in [0.25, 0.3) is 0 Å². The van der Waals surface area contributed by atoms with Gasteiger partial charge < -0.3 is 20.3 Å². The first-order valence-electron chi connectivity index (χ1n) is 6.43. The Kier molecular flexibility index (Phi) is 4.58. The molecule has 1 aliphatic carbocycles. The van der Waals surface area contributed by atoms with Crippen LogP contribution in [0.5, 0.6) is 5.75 Å². The monoisotopic (exact) mass is 251 g/mol. The first-order valence-corrected chi connectivity index (χ1v) is 6.43. The third kappa shape index (κ3) is 3.22. The summed E-state index contributed by atoms with van der Waals surface area (Å²) < 4.78 is 4.91. The van der Waals surface area contributed by atoms with E-state index in [1.807, 2.05) is 12.1 Å². The van der Waals surface area contributed by atoms with Crippen molar-refractivity contribution in [3.63, 3.8) is 0 Å². The number of hydrogen-bond donors (Lipinski definition) is 3. The van der Waals surface area contributed by atoms with E-state index in [0.29, 0.717) is 18.9 Å². The van der Waals surface area contributed by atoms with Crippen molar-refractivity contribution in [2.75, 3.05) is 20.3 Å². The van der Waals surface area contributed by atoms with Crippen LogP contribution in [0.1, 0.15) is 30.0 Å². The SMILES string of the molecule is COCC(O)CNC1CCCc2cc(O)ccc21. The Hall–Kier alpha value is -1.10. The molecular formula is C14H21NO3. The number of fused-ring (bicyclic) bond motifs is 1. The van der Waals surface area contributed by atoms with Crippen molar-refractivity contribution in [2.45, 2.75) is 31.4 Å². The van der Waals surface area contributed by atoms with Crippen LogP contribution in [0, 0.1) is 0 Å². The number of benzene rings is 1. The lowest BCUT2D eigenvalue weighted by atomic mass is 9.87. The molecule has 0 bridgehead atoms. The molecule has 0 aliphatic heterocycles. The number of aromatic hydroxyl groups is 1. The van der Waals surface area contributed by atoms with E-state index >= 15 is 0 Å². The lowest BCUT2D eigenvalue weighted by Gasteiger charge is -2.27. The number of phenols is 1. The van der Waals surface area contributed by atoms with Crippen LogP contribution in [-0.2, 0) is 11.2 Å². The summed E-state index contributed by atoms with van der Waals surface area (Å²) >= 11 is 0. The van der Waals surface area contributed by atoms with Gasteiger partial charge in [-0.2, -0.15) is 0 Å². The van der Waals surface area contributed by atoms with Gasteiger partial charge in [0.05, 0.1) is 12.7 Å². The molecule has 0 fully saturated rings. The van der Waals surface area contributed by atoms with Crippen LogP contribution in [0.15, 0.2) is 18.2 Å². The molecule has 1 aromatic carbocycles. The average molecular weight is 251 g/mol. The molecule has 0 radical (unpaired) electrons. The van der Waals surface area contributed by atoms with Crippen molar-refractivity contribution < 1.29 is 14.9 Å². The molecule has 0 aromatic heterocycles. The summed E-state index contributed by atoms with van der Waals surface area (Å²) in [6, 6.07) is 5.81. The lowest BCUT2D eigenvalue weighted by Crippen LogP contribution is -2.34. The van der Waals surface area contributed by atoms with E-state index in [2.05, 4.69) is 5.32 Å². The topological polar surface area (TPSA) is 61.7 Å². The van der Waals surface area contributed by atoms with E-state index in [4.69, 9.17) is 4.74 Å². The van der Waals surface area contributed by atoms with E-state index in [1.54, 1.807) is 13.2 Å². The zero-order valence-corrected chi connectivity index (χ0v) is 10.7. The quantitative estimate of drug-likeness (QED) is 0.739. The van der Waals surface area contributed by atoms with Crippen molar-refractivity contribution in [2.24, 2.45) is 0 Å². The van der Waals surface area contributed by atoms with Gasteiger partial charge >= 0.3 is 0 Å². The second kappa shape index (κ2) is 6.18. The molecule has 0 heterocycles. The van der Waals surface area contributed by atoms with Gasteiger partial charge in [-0.25, -0.2) is 0 Å². The Morgan fingerprint density at radius 2 is 2.33 bits per heavy atom. The molecule has 0 saturated carbocycles. The predicted molar refractivity (Wildman–Crippen MR) is 69.7 cm³/mol. The fourth-order valence-electron chi connectivity index (χ4n) is 2.54. The number of methoxy groups -OCH3 is 1. The summed E-state index contributed by atoms with van der Waals surface area (Å²) in [5, 5.41) is 22.5. The second-order valence-corrected chi connectivity index (χ2v) is 4.85. The van der Waals surface area contributed by atoms with Crippen molar-refractivity contribution in [3.05, 3.63) is 29.3 Å². The van der Waals surface area contributed by atoms with Gasteiger partial charge in [-0.1, -0.05) is 6.07 Å². The largest absolute Gasteiger partial charge is 0.508 e. The van der Waals surface area contributed by atoms with Gasteiger partial charge in [-0.05, 0) is 42.5 Å². The fraction of sp³-hybridized carbons (Fsp3) is 0.571. The zero-order chi connectivity index (χ0) is 13.0. The summed E-state index contributed by atoms with van der Waals surface area (Å²) in [7, 11) is 1.59. The molecule has 18 heavy (non-hydrogen) atoms. The summed E-state index contributed by atoms with van der Waals surface area (Å²) in [5.41, 5.74) is 2.45. The predicted octanol–water partition coefficient (Wildman–Crippen LogP) is 1.37. The lowest BCUT2D eigenvalue weighted by molar-refractivity contribution is 0.0622. The molecule has 100 valence electrons. The van der Waals surface area contributed by atoms with Crippen LogP contribution in [-0.4, -0.2) is 36.6 Å². The molecule has 2 rings (SSSR count). The summed E-state index contributed by atoms with van der Waals surface area (Å²) in [5.74, 6) is 0.328. The van der Waals surface area contributed by atoms with E-state index in [-0.39, 0.29) is 6.04 Å². The zero-order valence-electron chi connectivity index (χ0n) is 10.7. The van der Waals surface area contributed by atoms with E-state index in [0.717, 1.165) is 19.3 Å². The molecule has 4 heteroatoms. The Balaban J connectivity index is 1.99. The maximum atomic E-state index is 9.64. The summed E-state index contributed by atoms with van der Waals surface area (Å²) in [6.45, 7) is 0.876. The number of phenolic OH excluding ortho intramolecular Hbond substituents is 1. The van der Waals surface area contributed by atoms with E-state index in [1.165, 1.54) is 11.1 Å². The number of aliphatic hydroxyl groups is 1. The van der Waals surface area contributed by atoms with Crippen LogP contribution < -0.4 is 5.32 Å². The van der Waals surface area contributed by atoms with Crippen LogP contribution in [0.2, 0.25) is 0 Å². The van der Waals surface area contributed by atoms with Gasteiger partial charge in [0, 0.05) is 19.7 Å². The van der Waals surface area contributed by atoms with Gasteiger partial charge in [-0.15, -0.1) is 0 Å². The molecule has 3 N–H and O–H groups in total. The first kappa shape index (κ1) is 13.3. The van der Waals surface area contributed by atoms with Crippen molar-refractivity contribution in [1.29, 1.82) is 0 Å². The Morgan fingerprint density at radius 3 is 3.11 bits per heavy atom. The van der Waals surface area contributed by atoms with E-state index in [9.17, 15) is 10.2 Å². The highest BCUT2D eigenvalue weighted by Crippen LogP contribution is 2.31. The first-order chi connectivity index (χ1) is 8.70. The third-order valence-electron chi connectivity index (χ3n) is 3.40. The minimum atomic E-state index is -0.475. The van der Waals surface area contributed by atoms with Gasteiger partial charge in [0.25, 0.3) is 0 Å². The normalized spacial score (nSPS) is 20.4. The van der Waals surface area contributed by atoms with Crippen LogP contribution in [0.4, 0.5) is 0 Å². The van der Waals surface area contributed by atoms with Crippen molar-refractivity contribution in [1.82, 2.24) is 5.32 Å². The molecular weight excluding hydrogens is 230 g/mol. The highest BCUT2D eigenvalue weighted by atomic mass is 16.5. The van der Waals surface area contributed by atoms with Crippen LogP contribution >= 0.6 is 0 Å². The van der Waals surface area contributed by atoms with Crippen molar-refractivity contribution in [3.8, 4) is 5.75 Å². The Bertz CT molecular complexity index is 395. The Morgan fingerprint density at radius 1 is 1.50 bits per heavy atom. The maximum absolute atomic E-state index is 9.64. The summed E-state index contributed by atoms with van der Waals surface area (Å²) in [6.07, 6.45) is 2.71. The molecule has 1 aliphatic rings. The second-order valence-electron chi connectivity index (χ2n) is 4.85. The highest BCUT2D eigenvalue weighted by molar-refractivity contribution is 5.38. The number of aliphatic hydroxyl groups excluding tert-OH is 1. The fourth-order valence-corrected chi connectivity index (χ4v) is 2.54.